The molecule has 1 saturated heterocycles. The van der Waals surface area contributed by atoms with E-state index in [4.69, 9.17) is 4.74 Å². The fourth-order valence-corrected chi connectivity index (χ4v) is 4.04. The van der Waals surface area contributed by atoms with Gasteiger partial charge < -0.3 is 19.5 Å². The van der Waals surface area contributed by atoms with Crippen LogP contribution >= 0.6 is 0 Å². The molecule has 31 heavy (non-hydrogen) atoms. The number of anilines is 1. The van der Waals surface area contributed by atoms with Crippen molar-refractivity contribution in [3.05, 3.63) is 60.3 Å². The number of nitrogens with zero attached hydrogens (tertiary/aromatic N) is 3. The third-order valence-corrected chi connectivity index (χ3v) is 5.56. The molecule has 0 unspecified atom stereocenters. The summed E-state index contributed by atoms with van der Waals surface area (Å²) in [6.45, 7) is 6.97. The summed E-state index contributed by atoms with van der Waals surface area (Å²) in [5.74, 6) is 0.635. The molecule has 2 aromatic carbocycles. The van der Waals surface area contributed by atoms with Gasteiger partial charge in [-0.2, -0.15) is 0 Å². The van der Waals surface area contributed by atoms with Crippen molar-refractivity contribution in [1.29, 1.82) is 0 Å². The Kier molecular flexibility index (Phi) is 6.11. The normalized spacial score (nSPS) is 13.8. The van der Waals surface area contributed by atoms with Crippen LogP contribution in [0.15, 0.2) is 54.6 Å². The number of hydrogen-bond acceptors (Lipinski definition) is 3. The second kappa shape index (κ2) is 9.12. The van der Waals surface area contributed by atoms with Gasteiger partial charge in [0, 0.05) is 43.1 Å². The van der Waals surface area contributed by atoms with Crippen LogP contribution in [-0.4, -0.2) is 54.2 Å². The molecule has 4 rings (SSSR count). The minimum atomic E-state index is -0.147. The molecule has 7 heteroatoms. The largest absolute Gasteiger partial charge is 0.494 e. The Labute approximate surface area is 182 Å². The molecule has 0 saturated carbocycles. The molecule has 162 valence electrons. The molecular formula is C24H28N4O3. The Morgan fingerprint density at radius 2 is 1.87 bits per heavy atom. The van der Waals surface area contributed by atoms with E-state index in [1.165, 1.54) is 5.39 Å². The highest BCUT2D eigenvalue weighted by Crippen LogP contribution is 2.23. The number of hydrogen-bond donors (Lipinski definition) is 1. The first-order valence-corrected chi connectivity index (χ1v) is 10.7. The van der Waals surface area contributed by atoms with Gasteiger partial charge in [-0.05, 0) is 55.6 Å². The van der Waals surface area contributed by atoms with Crippen molar-refractivity contribution >= 4 is 28.5 Å². The van der Waals surface area contributed by atoms with E-state index in [0.29, 0.717) is 32.8 Å². The van der Waals surface area contributed by atoms with E-state index in [1.54, 1.807) is 9.80 Å². The maximum atomic E-state index is 12.7. The van der Waals surface area contributed by atoms with Crippen molar-refractivity contribution in [1.82, 2.24) is 14.8 Å². The first-order valence-electron chi connectivity index (χ1n) is 10.7. The monoisotopic (exact) mass is 420 g/mol. The number of para-hydroxylation sites is 1. The van der Waals surface area contributed by atoms with Gasteiger partial charge in [-0.15, -0.1) is 0 Å². The number of benzene rings is 2. The lowest BCUT2D eigenvalue weighted by molar-refractivity contribution is -0.121. The Morgan fingerprint density at radius 1 is 1.10 bits per heavy atom. The van der Waals surface area contributed by atoms with Crippen LogP contribution in [0.25, 0.3) is 10.9 Å². The van der Waals surface area contributed by atoms with E-state index >= 15 is 0 Å². The van der Waals surface area contributed by atoms with Crippen molar-refractivity contribution < 1.29 is 14.3 Å². The summed E-state index contributed by atoms with van der Waals surface area (Å²) in [4.78, 5) is 28.5. The predicted molar refractivity (Wildman–Crippen MR) is 122 cm³/mol. The maximum Gasteiger partial charge on any atom is 0.325 e. The van der Waals surface area contributed by atoms with E-state index < -0.39 is 0 Å². The zero-order valence-corrected chi connectivity index (χ0v) is 18.0. The summed E-state index contributed by atoms with van der Waals surface area (Å²) < 4.78 is 7.65. The SMILES string of the molecule is CCOc1ccc(N2CCN(CC(=O)NCCn3c(C)cc4ccccc43)C2=O)cc1. The Balaban J connectivity index is 1.29. The van der Waals surface area contributed by atoms with Crippen molar-refractivity contribution in [2.45, 2.75) is 20.4 Å². The first-order chi connectivity index (χ1) is 15.1. The Bertz CT molecular complexity index is 1070. The van der Waals surface area contributed by atoms with Crippen molar-refractivity contribution in [3.63, 3.8) is 0 Å². The second-order valence-corrected chi connectivity index (χ2v) is 7.63. The highest BCUT2D eigenvalue weighted by atomic mass is 16.5. The predicted octanol–water partition coefficient (Wildman–Crippen LogP) is 3.41. The van der Waals surface area contributed by atoms with Crippen molar-refractivity contribution in [2.75, 3.05) is 37.7 Å². The Hall–Kier alpha value is -3.48. The number of aromatic nitrogens is 1. The van der Waals surface area contributed by atoms with Gasteiger partial charge in [-0.1, -0.05) is 18.2 Å². The summed E-state index contributed by atoms with van der Waals surface area (Å²) in [6.07, 6.45) is 0. The summed E-state index contributed by atoms with van der Waals surface area (Å²) in [6, 6.07) is 17.7. The number of carbonyl (C=O) groups excluding carboxylic acids is 2. The second-order valence-electron chi connectivity index (χ2n) is 7.63. The first kappa shape index (κ1) is 20.8. The average molecular weight is 421 g/mol. The zero-order chi connectivity index (χ0) is 21.8. The van der Waals surface area contributed by atoms with E-state index in [0.717, 1.165) is 22.6 Å². The van der Waals surface area contributed by atoms with Gasteiger partial charge in [0.2, 0.25) is 5.91 Å². The third kappa shape index (κ3) is 4.50. The van der Waals surface area contributed by atoms with Gasteiger partial charge in [0.25, 0.3) is 0 Å². The highest BCUT2D eigenvalue weighted by Gasteiger charge is 2.30. The molecule has 3 amide bonds. The van der Waals surface area contributed by atoms with Crippen LogP contribution in [0.2, 0.25) is 0 Å². The molecule has 2 heterocycles. The van der Waals surface area contributed by atoms with Crippen LogP contribution in [0.3, 0.4) is 0 Å². The van der Waals surface area contributed by atoms with E-state index in [2.05, 4.69) is 35.0 Å². The molecular weight excluding hydrogens is 392 g/mol. The summed E-state index contributed by atoms with van der Waals surface area (Å²) in [5.41, 5.74) is 3.14. The van der Waals surface area contributed by atoms with Crippen LogP contribution in [0, 0.1) is 6.92 Å². The molecule has 1 N–H and O–H groups in total. The molecule has 1 aliphatic heterocycles. The number of rotatable bonds is 8. The summed E-state index contributed by atoms with van der Waals surface area (Å²) in [7, 11) is 0. The molecule has 7 nitrogen and oxygen atoms in total. The van der Waals surface area contributed by atoms with Crippen LogP contribution in [-0.2, 0) is 11.3 Å². The van der Waals surface area contributed by atoms with Gasteiger partial charge in [0.15, 0.2) is 0 Å². The number of ether oxygens (including phenoxy) is 1. The highest BCUT2D eigenvalue weighted by molar-refractivity contribution is 5.96. The van der Waals surface area contributed by atoms with Crippen LogP contribution in [0.1, 0.15) is 12.6 Å². The van der Waals surface area contributed by atoms with Crippen LogP contribution in [0.5, 0.6) is 5.75 Å². The molecule has 1 fully saturated rings. The number of urea groups is 1. The fourth-order valence-electron chi connectivity index (χ4n) is 4.04. The van der Waals surface area contributed by atoms with E-state index in [-0.39, 0.29) is 18.5 Å². The fraction of sp³-hybridized carbons (Fsp3) is 0.333. The number of amides is 3. The molecule has 0 bridgehead atoms. The minimum Gasteiger partial charge on any atom is -0.494 e. The maximum absolute atomic E-state index is 12.7. The summed E-state index contributed by atoms with van der Waals surface area (Å²) >= 11 is 0. The van der Waals surface area contributed by atoms with Crippen molar-refractivity contribution in [3.8, 4) is 5.75 Å². The average Bonchev–Trinajstić information content (AvgIpc) is 3.28. The summed E-state index contributed by atoms with van der Waals surface area (Å²) in [5, 5.41) is 4.15. The van der Waals surface area contributed by atoms with Crippen molar-refractivity contribution in [2.24, 2.45) is 0 Å². The molecule has 1 aliphatic rings. The molecule has 0 radical (unpaired) electrons. The number of carbonyl (C=O) groups is 2. The molecule has 0 atom stereocenters. The third-order valence-electron chi connectivity index (χ3n) is 5.56. The molecule has 3 aromatic rings. The number of fused-ring (bicyclic) bond motifs is 1. The topological polar surface area (TPSA) is 66.8 Å². The number of aryl methyl sites for hydroxylation is 1. The van der Waals surface area contributed by atoms with Crippen LogP contribution in [0.4, 0.5) is 10.5 Å². The van der Waals surface area contributed by atoms with Gasteiger partial charge >= 0.3 is 6.03 Å². The van der Waals surface area contributed by atoms with Gasteiger partial charge in [-0.25, -0.2) is 4.79 Å². The lowest BCUT2D eigenvalue weighted by Crippen LogP contribution is -2.40. The zero-order valence-electron chi connectivity index (χ0n) is 18.0. The van der Waals surface area contributed by atoms with Gasteiger partial charge in [0.1, 0.15) is 12.3 Å². The molecule has 0 aliphatic carbocycles. The van der Waals surface area contributed by atoms with E-state index in [1.807, 2.05) is 43.3 Å². The number of nitrogens with one attached hydrogen (secondary N) is 1. The lowest BCUT2D eigenvalue weighted by atomic mass is 10.2. The van der Waals surface area contributed by atoms with Crippen LogP contribution < -0.4 is 15.0 Å². The minimum absolute atomic E-state index is 0.0672. The standard InChI is InChI=1S/C24H28N4O3/c1-3-31-21-10-8-20(9-11-21)28-15-14-26(24(28)30)17-23(29)25-12-13-27-18(2)16-19-6-4-5-7-22(19)27/h4-11,16H,3,12-15,17H2,1-2H3,(H,25,29). The van der Waals surface area contributed by atoms with Gasteiger partial charge in [0.05, 0.1) is 6.61 Å². The lowest BCUT2D eigenvalue weighted by Gasteiger charge is -2.19. The molecule has 1 aromatic heterocycles. The van der Waals surface area contributed by atoms with Gasteiger partial charge in [-0.3, -0.25) is 9.69 Å². The van der Waals surface area contributed by atoms with E-state index in [9.17, 15) is 9.59 Å². The quantitative estimate of drug-likeness (QED) is 0.607. The molecule has 0 spiro atoms. The Morgan fingerprint density at radius 3 is 2.65 bits per heavy atom. The smallest absolute Gasteiger partial charge is 0.325 e.